The van der Waals surface area contributed by atoms with Gasteiger partial charge in [-0.2, -0.15) is 9.40 Å². The van der Waals surface area contributed by atoms with E-state index in [9.17, 15) is 13.2 Å². The molecule has 2 N–H and O–H groups in total. The molecule has 1 fully saturated rings. The Bertz CT molecular complexity index is 946. The summed E-state index contributed by atoms with van der Waals surface area (Å²) < 4.78 is 27.5. The Morgan fingerprint density at radius 2 is 2.00 bits per heavy atom. The number of piperidine rings is 1. The van der Waals surface area contributed by atoms with Gasteiger partial charge in [0.25, 0.3) is 0 Å². The zero-order valence-corrected chi connectivity index (χ0v) is 17.0. The van der Waals surface area contributed by atoms with Crippen LogP contribution in [0.2, 0.25) is 0 Å². The average Bonchev–Trinajstić information content (AvgIpc) is 2.97. The number of H-pyrrole nitrogens is 1. The highest BCUT2D eigenvalue weighted by molar-refractivity contribution is 7.89. The molecule has 2 aromatic rings. The highest BCUT2D eigenvalue weighted by Crippen LogP contribution is 2.28. The molecule has 1 aromatic heterocycles. The van der Waals surface area contributed by atoms with Crippen molar-refractivity contribution in [2.45, 2.75) is 45.4 Å². The predicted octanol–water partition coefficient (Wildman–Crippen LogP) is 2.68. The van der Waals surface area contributed by atoms with E-state index < -0.39 is 10.0 Å². The molecule has 1 aliphatic heterocycles. The summed E-state index contributed by atoms with van der Waals surface area (Å²) in [6.45, 7) is 7.88. The molecule has 1 saturated heterocycles. The van der Waals surface area contributed by atoms with Gasteiger partial charge in [0.15, 0.2) is 0 Å². The lowest BCUT2D eigenvalue weighted by molar-refractivity contribution is -0.120. The molecule has 0 radical (unpaired) electrons. The van der Waals surface area contributed by atoms with Crippen LogP contribution in [0.1, 0.15) is 35.4 Å². The van der Waals surface area contributed by atoms with Gasteiger partial charge in [-0.3, -0.25) is 9.89 Å². The van der Waals surface area contributed by atoms with Crippen LogP contribution in [0.4, 0.5) is 5.69 Å². The molecule has 0 spiro atoms. The zero-order chi connectivity index (χ0) is 19.8. The molecule has 146 valence electrons. The number of anilines is 1. The van der Waals surface area contributed by atoms with Crippen LogP contribution in [0.3, 0.4) is 0 Å². The van der Waals surface area contributed by atoms with Crippen molar-refractivity contribution in [1.82, 2.24) is 14.5 Å². The van der Waals surface area contributed by atoms with Gasteiger partial charge in [0.1, 0.15) is 4.90 Å². The number of amides is 1. The van der Waals surface area contributed by atoms with Crippen LogP contribution in [0.15, 0.2) is 23.1 Å². The van der Waals surface area contributed by atoms with E-state index in [1.54, 1.807) is 13.8 Å². The minimum atomic E-state index is -3.67. The molecule has 1 aromatic carbocycles. The monoisotopic (exact) mass is 390 g/mol. The molecule has 0 aliphatic carbocycles. The lowest BCUT2D eigenvalue weighted by Gasteiger charge is -2.31. The Hall–Kier alpha value is -2.19. The van der Waals surface area contributed by atoms with Gasteiger partial charge in [0.2, 0.25) is 15.9 Å². The molecule has 7 nitrogen and oxygen atoms in total. The van der Waals surface area contributed by atoms with Crippen molar-refractivity contribution in [1.29, 1.82) is 0 Å². The largest absolute Gasteiger partial charge is 0.326 e. The fourth-order valence-corrected chi connectivity index (χ4v) is 5.39. The van der Waals surface area contributed by atoms with Crippen LogP contribution < -0.4 is 5.32 Å². The zero-order valence-electron chi connectivity index (χ0n) is 16.2. The van der Waals surface area contributed by atoms with E-state index >= 15 is 0 Å². The quantitative estimate of drug-likeness (QED) is 0.839. The molecule has 0 bridgehead atoms. The number of hydrogen-bond donors (Lipinski definition) is 2. The van der Waals surface area contributed by atoms with Crippen LogP contribution in [-0.2, 0) is 14.8 Å². The van der Waals surface area contributed by atoms with Gasteiger partial charge in [0, 0.05) is 18.8 Å². The van der Waals surface area contributed by atoms with E-state index in [4.69, 9.17) is 0 Å². The topological polar surface area (TPSA) is 95.2 Å². The first-order chi connectivity index (χ1) is 12.7. The number of aromatic amines is 1. The van der Waals surface area contributed by atoms with E-state index in [0.717, 1.165) is 16.8 Å². The van der Waals surface area contributed by atoms with Crippen molar-refractivity contribution in [3.8, 4) is 0 Å². The van der Waals surface area contributed by atoms with E-state index in [0.29, 0.717) is 30.8 Å². The standard InChI is InChI=1S/C19H26N4O3S/c1-12-7-8-13(2)17(10-12)20-19(24)16-6-5-9-23(11-16)27(25,26)18-14(3)21-22-15(18)4/h7-8,10,16H,5-6,9,11H2,1-4H3,(H,20,24)(H,21,22). The van der Waals surface area contributed by atoms with Gasteiger partial charge >= 0.3 is 0 Å². The van der Waals surface area contributed by atoms with Crippen molar-refractivity contribution in [2.75, 3.05) is 18.4 Å². The van der Waals surface area contributed by atoms with Crippen molar-refractivity contribution >= 4 is 21.6 Å². The molecule has 2 heterocycles. The maximum atomic E-state index is 13.0. The van der Waals surface area contributed by atoms with Gasteiger partial charge in [-0.15, -0.1) is 0 Å². The molecule has 1 atom stereocenters. The van der Waals surface area contributed by atoms with Gasteiger partial charge in [-0.05, 0) is 57.7 Å². The third kappa shape index (κ3) is 3.91. The third-order valence-electron chi connectivity index (χ3n) is 5.06. The maximum Gasteiger partial charge on any atom is 0.246 e. The summed E-state index contributed by atoms with van der Waals surface area (Å²) in [7, 11) is -3.67. The Morgan fingerprint density at radius 3 is 2.67 bits per heavy atom. The van der Waals surface area contributed by atoms with Crippen LogP contribution >= 0.6 is 0 Å². The molecule has 1 unspecified atom stereocenters. The first-order valence-corrected chi connectivity index (χ1v) is 10.5. The van der Waals surface area contributed by atoms with E-state index in [1.165, 1.54) is 4.31 Å². The summed E-state index contributed by atoms with van der Waals surface area (Å²) >= 11 is 0. The Morgan fingerprint density at radius 1 is 1.26 bits per heavy atom. The SMILES string of the molecule is Cc1ccc(C)c(NC(=O)C2CCCN(S(=O)(=O)c3c(C)n[nH]c3C)C2)c1. The van der Waals surface area contributed by atoms with E-state index in [-0.39, 0.29) is 23.3 Å². The number of hydrogen-bond acceptors (Lipinski definition) is 4. The summed E-state index contributed by atoms with van der Waals surface area (Å²) in [5.74, 6) is -0.509. The lowest BCUT2D eigenvalue weighted by atomic mass is 9.98. The summed E-state index contributed by atoms with van der Waals surface area (Å²) in [5.41, 5.74) is 3.80. The second-order valence-electron chi connectivity index (χ2n) is 7.27. The van der Waals surface area contributed by atoms with Crippen molar-refractivity contribution < 1.29 is 13.2 Å². The number of aromatic nitrogens is 2. The van der Waals surface area contributed by atoms with Crippen LogP contribution in [0.25, 0.3) is 0 Å². The van der Waals surface area contributed by atoms with E-state index in [1.807, 2.05) is 32.0 Å². The smallest absolute Gasteiger partial charge is 0.246 e. The summed E-state index contributed by atoms with van der Waals surface area (Å²) in [6, 6.07) is 5.89. The lowest BCUT2D eigenvalue weighted by Crippen LogP contribution is -2.44. The van der Waals surface area contributed by atoms with E-state index in [2.05, 4.69) is 15.5 Å². The van der Waals surface area contributed by atoms with Gasteiger partial charge in [-0.1, -0.05) is 12.1 Å². The first kappa shape index (κ1) is 19.6. The number of aryl methyl sites for hydroxylation is 4. The molecule has 27 heavy (non-hydrogen) atoms. The molecule has 1 amide bonds. The third-order valence-corrected chi connectivity index (χ3v) is 7.19. The number of carbonyl (C=O) groups excluding carboxylic acids is 1. The Labute approximate surface area is 160 Å². The normalized spacial score (nSPS) is 18.4. The molecule has 8 heteroatoms. The highest BCUT2D eigenvalue weighted by Gasteiger charge is 2.35. The van der Waals surface area contributed by atoms with Gasteiger partial charge < -0.3 is 5.32 Å². The van der Waals surface area contributed by atoms with Gasteiger partial charge in [-0.25, -0.2) is 8.42 Å². The maximum absolute atomic E-state index is 13.0. The predicted molar refractivity (Wildman–Crippen MR) is 104 cm³/mol. The molecule has 0 saturated carbocycles. The Kier molecular flexibility index (Phi) is 5.39. The molecular weight excluding hydrogens is 364 g/mol. The fraction of sp³-hybridized carbons (Fsp3) is 0.474. The van der Waals surface area contributed by atoms with Crippen LogP contribution in [0.5, 0.6) is 0 Å². The molecule has 3 rings (SSSR count). The first-order valence-electron chi connectivity index (χ1n) is 9.10. The van der Waals surface area contributed by atoms with Crippen LogP contribution in [-0.4, -0.2) is 41.9 Å². The van der Waals surface area contributed by atoms with Gasteiger partial charge in [0.05, 0.1) is 17.3 Å². The number of rotatable bonds is 4. The summed E-state index contributed by atoms with van der Waals surface area (Å²) in [5, 5.41) is 9.69. The fourth-order valence-electron chi connectivity index (χ4n) is 3.53. The number of sulfonamides is 1. The minimum absolute atomic E-state index is 0.135. The highest BCUT2D eigenvalue weighted by atomic mass is 32.2. The van der Waals surface area contributed by atoms with Crippen molar-refractivity contribution in [3.05, 3.63) is 40.7 Å². The number of benzene rings is 1. The summed E-state index contributed by atoms with van der Waals surface area (Å²) in [4.78, 5) is 13.0. The average molecular weight is 391 g/mol. The van der Waals surface area contributed by atoms with Crippen LogP contribution in [0, 0.1) is 33.6 Å². The van der Waals surface area contributed by atoms with Crippen molar-refractivity contribution in [3.63, 3.8) is 0 Å². The number of nitrogens with zero attached hydrogens (tertiary/aromatic N) is 2. The molecular formula is C19H26N4O3S. The minimum Gasteiger partial charge on any atom is -0.326 e. The Balaban J connectivity index is 1.78. The molecule has 1 aliphatic rings. The number of carbonyl (C=O) groups is 1. The second-order valence-corrected chi connectivity index (χ2v) is 9.15. The summed E-state index contributed by atoms with van der Waals surface area (Å²) in [6.07, 6.45) is 1.33. The second kappa shape index (κ2) is 7.44. The van der Waals surface area contributed by atoms with Crippen molar-refractivity contribution in [2.24, 2.45) is 5.92 Å². The number of nitrogens with one attached hydrogen (secondary N) is 2.